The first-order valence-electron chi connectivity index (χ1n) is 6.51. The Hall–Kier alpha value is -1.06. The van der Waals surface area contributed by atoms with Crippen molar-refractivity contribution in [1.82, 2.24) is 5.32 Å². The molecule has 0 radical (unpaired) electrons. The lowest BCUT2D eigenvalue weighted by Crippen LogP contribution is -2.60. The first-order chi connectivity index (χ1) is 8.56. The Morgan fingerprint density at radius 1 is 1.17 bits per heavy atom. The largest absolute Gasteiger partial charge is 0.487 e. The van der Waals surface area contributed by atoms with Gasteiger partial charge in [0.25, 0.3) is 0 Å². The first-order valence-corrected chi connectivity index (χ1v) is 6.51. The van der Waals surface area contributed by atoms with Gasteiger partial charge in [0.2, 0.25) is 0 Å². The van der Waals surface area contributed by atoms with Crippen LogP contribution in [0.4, 0.5) is 0 Å². The molecule has 3 nitrogen and oxygen atoms in total. The highest BCUT2D eigenvalue weighted by atomic mass is 16.5. The summed E-state index contributed by atoms with van der Waals surface area (Å²) < 4.78 is 11.6. The summed E-state index contributed by atoms with van der Waals surface area (Å²) in [7, 11) is 3.72. The summed E-state index contributed by atoms with van der Waals surface area (Å²) in [6.45, 7) is 6.32. The molecule has 0 aromatic heterocycles. The van der Waals surface area contributed by atoms with Crippen LogP contribution in [-0.4, -0.2) is 32.4 Å². The van der Waals surface area contributed by atoms with Gasteiger partial charge in [-0.05, 0) is 38.9 Å². The van der Waals surface area contributed by atoms with Gasteiger partial charge in [-0.1, -0.05) is 17.7 Å². The zero-order valence-corrected chi connectivity index (χ0v) is 11.9. The highest BCUT2D eigenvalue weighted by molar-refractivity contribution is 5.43. The van der Waals surface area contributed by atoms with E-state index in [0.29, 0.717) is 6.04 Å². The van der Waals surface area contributed by atoms with E-state index >= 15 is 0 Å². The van der Waals surface area contributed by atoms with Gasteiger partial charge in [0.05, 0.1) is 0 Å². The maximum atomic E-state index is 6.14. The lowest BCUT2D eigenvalue weighted by atomic mass is 9.85. The molecule has 1 aliphatic carbocycles. The summed E-state index contributed by atoms with van der Waals surface area (Å²) in [5.74, 6) is 1.02. The minimum absolute atomic E-state index is 0.148. The number of hydrogen-bond acceptors (Lipinski definition) is 3. The first kappa shape index (κ1) is 13.4. The number of likely N-dealkylation sites (N-methyl/N-ethyl adjacent to an activating group) is 1. The van der Waals surface area contributed by atoms with Crippen molar-refractivity contribution in [3.05, 3.63) is 28.8 Å². The van der Waals surface area contributed by atoms with Crippen molar-refractivity contribution in [2.24, 2.45) is 0 Å². The van der Waals surface area contributed by atoms with Crippen LogP contribution >= 0.6 is 0 Å². The molecular weight excluding hydrogens is 226 g/mol. The van der Waals surface area contributed by atoms with Crippen LogP contribution in [0.15, 0.2) is 12.1 Å². The van der Waals surface area contributed by atoms with Gasteiger partial charge in [-0.25, -0.2) is 0 Å². The molecule has 0 heterocycles. The fourth-order valence-corrected chi connectivity index (χ4v) is 2.80. The number of aryl methyl sites for hydroxylation is 3. The SMILES string of the molecule is CNC1CC(Oc2c(C)cc(C)cc2C)C1OC. The normalized spacial score (nSPS) is 26.8. The van der Waals surface area contributed by atoms with Crippen molar-refractivity contribution in [2.75, 3.05) is 14.2 Å². The Labute approximate surface area is 109 Å². The van der Waals surface area contributed by atoms with Crippen LogP contribution in [0, 0.1) is 20.8 Å². The Bertz CT molecular complexity index is 407. The third kappa shape index (κ3) is 2.38. The second-order valence-electron chi connectivity index (χ2n) is 5.22. The number of rotatable bonds is 4. The molecule has 1 aromatic rings. The van der Waals surface area contributed by atoms with Crippen LogP contribution in [-0.2, 0) is 4.74 Å². The van der Waals surface area contributed by atoms with Crippen LogP contribution in [0.3, 0.4) is 0 Å². The van der Waals surface area contributed by atoms with Gasteiger partial charge in [-0.15, -0.1) is 0 Å². The lowest BCUT2D eigenvalue weighted by Gasteiger charge is -2.43. The highest BCUT2D eigenvalue weighted by Gasteiger charge is 2.42. The Balaban J connectivity index is 2.11. The van der Waals surface area contributed by atoms with Crippen molar-refractivity contribution in [2.45, 2.75) is 45.4 Å². The van der Waals surface area contributed by atoms with E-state index in [1.54, 1.807) is 7.11 Å². The number of ether oxygens (including phenoxy) is 2. The maximum Gasteiger partial charge on any atom is 0.128 e. The number of nitrogens with one attached hydrogen (secondary N) is 1. The minimum atomic E-state index is 0.148. The topological polar surface area (TPSA) is 30.5 Å². The smallest absolute Gasteiger partial charge is 0.128 e. The number of methoxy groups -OCH3 is 1. The number of hydrogen-bond donors (Lipinski definition) is 1. The molecule has 0 amide bonds. The molecule has 100 valence electrons. The molecule has 1 saturated carbocycles. The van der Waals surface area contributed by atoms with E-state index in [4.69, 9.17) is 9.47 Å². The van der Waals surface area contributed by atoms with Crippen LogP contribution in [0.2, 0.25) is 0 Å². The van der Waals surface area contributed by atoms with Gasteiger partial charge >= 0.3 is 0 Å². The molecule has 3 heteroatoms. The van der Waals surface area contributed by atoms with Gasteiger partial charge in [0.1, 0.15) is 18.0 Å². The molecule has 1 aliphatic rings. The average molecular weight is 249 g/mol. The Morgan fingerprint density at radius 3 is 2.28 bits per heavy atom. The second kappa shape index (κ2) is 5.29. The third-order valence-electron chi connectivity index (χ3n) is 3.77. The molecule has 1 N–H and O–H groups in total. The predicted octanol–water partition coefficient (Wildman–Crippen LogP) is 2.37. The lowest BCUT2D eigenvalue weighted by molar-refractivity contribution is -0.0873. The quantitative estimate of drug-likeness (QED) is 0.888. The Morgan fingerprint density at radius 2 is 1.78 bits per heavy atom. The average Bonchev–Trinajstić information content (AvgIpc) is 2.26. The standard InChI is InChI=1S/C15H23NO2/c1-9-6-10(2)14(11(3)7-9)18-13-8-12(16-4)15(13)17-5/h6-7,12-13,15-16H,8H2,1-5H3. The van der Waals surface area contributed by atoms with E-state index in [0.717, 1.165) is 12.2 Å². The molecule has 0 spiro atoms. The van der Waals surface area contributed by atoms with Gasteiger partial charge in [-0.2, -0.15) is 0 Å². The van der Waals surface area contributed by atoms with E-state index in [-0.39, 0.29) is 12.2 Å². The third-order valence-corrected chi connectivity index (χ3v) is 3.77. The fourth-order valence-electron chi connectivity index (χ4n) is 2.80. The van der Waals surface area contributed by atoms with E-state index < -0.39 is 0 Å². The van der Waals surface area contributed by atoms with Crippen molar-refractivity contribution >= 4 is 0 Å². The molecule has 3 unspecified atom stereocenters. The van der Waals surface area contributed by atoms with Gasteiger partial charge in [-0.3, -0.25) is 0 Å². The molecular formula is C15H23NO2. The van der Waals surface area contributed by atoms with E-state index in [1.807, 2.05) is 7.05 Å². The summed E-state index contributed by atoms with van der Waals surface area (Å²) in [4.78, 5) is 0. The van der Waals surface area contributed by atoms with Crippen molar-refractivity contribution in [3.63, 3.8) is 0 Å². The molecule has 0 bridgehead atoms. The molecule has 0 aliphatic heterocycles. The van der Waals surface area contributed by atoms with E-state index in [9.17, 15) is 0 Å². The summed E-state index contributed by atoms with van der Waals surface area (Å²) in [6.07, 6.45) is 1.31. The zero-order valence-electron chi connectivity index (χ0n) is 11.9. The van der Waals surface area contributed by atoms with Crippen LogP contribution in [0.5, 0.6) is 5.75 Å². The van der Waals surface area contributed by atoms with Crippen molar-refractivity contribution in [1.29, 1.82) is 0 Å². The predicted molar refractivity (Wildman–Crippen MR) is 73.3 cm³/mol. The molecule has 1 aromatic carbocycles. The maximum absolute atomic E-state index is 6.14. The molecule has 0 saturated heterocycles. The van der Waals surface area contributed by atoms with E-state index in [1.165, 1.54) is 16.7 Å². The highest BCUT2D eigenvalue weighted by Crippen LogP contribution is 2.32. The zero-order chi connectivity index (χ0) is 13.3. The van der Waals surface area contributed by atoms with Crippen molar-refractivity contribution in [3.8, 4) is 5.75 Å². The van der Waals surface area contributed by atoms with Gasteiger partial charge in [0.15, 0.2) is 0 Å². The molecule has 2 rings (SSSR count). The Kier molecular flexibility index (Phi) is 3.93. The van der Waals surface area contributed by atoms with E-state index in [2.05, 4.69) is 38.2 Å². The summed E-state index contributed by atoms with van der Waals surface area (Å²) in [5.41, 5.74) is 3.69. The molecule has 1 fully saturated rings. The fraction of sp³-hybridized carbons (Fsp3) is 0.600. The monoisotopic (exact) mass is 249 g/mol. The van der Waals surface area contributed by atoms with Crippen LogP contribution in [0.1, 0.15) is 23.1 Å². The summed E-state index contributed by atoms with van der Waals surface area (Å²) >= 11 is 0. The second-order valence-corrected chi connectivity index (χ2v) is 5.22. The van der Waals surface area contributed by atoms with Crippen molar-refractivity contribution < 1.29 is 9.47 Å². The minimum Gasteiger partial charge on any atom is -0.487 e. The summed E-state index contributed by atoms with van der Waals surface area (Å²) in [5, 5.41) is 3.25. The van der Waals surface area contributed by atoms with Gasteiger partial charge in [0, 0.05) is 19.6 Å². The number of benzene rings is 1. The van der Waals surface area contributed by atoms with Crippen LogP contribution < -0.4 is 10.1 Å². The summed E-state index contributed by atoms with van der Waals surface area (Å²) in [6, 6.07) is 4.74. The molecule has 18 heavy (non-hydrogen) atoms. The van der Waals surface area contributed by atoms with Gasteiger partial charge < -0.3 is 14.8 Å². The van der Waals surface area contributed by atoms with Crippen LogP contribution in [0.25, 0.3) is 0 Å². The molecule has 3 atom stereocenters.